The maximum Gasteiger partial charge on any atom is 0.221 e. The van der Waals surface area contributed by atoms with E-state index in [4.69, 9.17) is 0 Å². The lowest BCUT2D eigenvalue weighted by molar-refractivity contribution is -0.121. The summed E-state index contributed by atoms with van der Waals surface area (Å²) in [5.74, 6) is -0.501. The Morgan fingerprint density at radius 2 is 1.91 bits per heavy atom. The van der Waals surface area contributed by atoms with Crippen LogP contribution in [0.1, 0.15) is 30.5 Å². The minimum Gasteiger partial charge on any atom is -0.349 e. The summed E-state index contributed by atoms with van der Waals surface area (Å²) in [4.78, 5) is 16.2. The molecule has 0 fully saturated rings. The van der Waals surface area contributed by atoms with Crippen molar-refractivity contribution in [2.24, 2.45) is 0 Å². The Hall–Kier alpha value is -2.21. The van der Waals surface area contributed by atoms with Crippen LogP contribution in [-0.4, -0.2) is 25.1 Å². The second-order valence-corrected chi connectivity index (χ2v) is 7.57. The molecule has 1 atom stereocenters. The van der Waals surface area contributed by atoms with Crippen LogP contribution in [0.25, 0.3) is 0 Å². The number of aryl methyl sites for hydroxylation is 1. The highest BCUT2D eigenvalue weighted by Gasteiger charge is 2.17. The first kappa shape index (κ1) is 17.1. The number of sulfone groups is 1. The van der Waals surface area contributed by atoms with Crippen LogP contribution in [0.2, 0.25) is 0 Å². The quantitative estimate of drug-likeness (QED) is 0.881. The molecule has 0 aliphatic heterocycles. The first-order valence-corrected chi connectivity index (χ1v) is 9.02. The lowest BCUT2D eigenvalue weighted by Gasteiger charge is -2.14. The van der Waals surface area contributed by atoms with Crippen LogP contribution in [-0.2, 0) is 14.6 Å². The molecule has 0 saturated heterocycles. The van der Waals surface area contributed by atoms with Gasteiger partial charge >= 0.3 is 0 Å². The van der Waals surface area contributed by atoms with Gasteiger partial charge in [-0.3, -0.25) is 9.78 Å². The highest BCUT2D eigenvalue weighted by molar-refractivity contribution is 7.91. The molecule has 0 bridgehead atoms. The maximum atomic E-state index is 12.2. The van der Waals surface area contributed by atoms with E-state index in [-0.39, 0.29) is 29.0 Å². The topological polar surface area (TPSA) is 76.1 Å². The van der Waals surface area contributed by atoms with Crippen LogP contribution in [0.15, 0.2) is 53.7 Å². The fourth-order valence-corrected chi connectivity index (χ4v) is 3.36. The lowest BCUT2D eigenvalue weighted by atomic mass is 10.1. The predicted molar refractivity (Wildman–Crippen MR) is 88.6 cm³/mol. The number of amides is 1. The normalized spacial score (nSPS) is 12.6. The van der Waals surface area contributed by atoms with E-state index in [0.29, 0.717) is 0 Å². The highest BCUT2D eigenvalue weighted by atomic mass is 32.2. The summed E-state index contributed by atoms with van der Waals surface area (Å²) < 4.78 is 24.4. The summed E-state index contributed by atoms with van der Waals surface area (Å²) in [5, 5.41) is 2.79. The number of carbonyl (C=O) groups excluding carboxylic acids is 1. The van der Waals surface area contributed by atoms with E-state index < -0.39 is 9.84 Å². The van der Waals surface area contributed by atoms with E-state index in [1.165, 1.54) is 0 Å². The second kappa shape index (κ2) is 7.37. The first-order chi connectivity index (χ1) is 10.9. The molecule has 1 amide bonds. The number of benzene rings is 1. The van der Waals surface area contributed by atoms with Crippen molar-refractivity contribution in [3.05, 3.63) is 59.9 Å². The Labute approximate surface area is 136 Å². The third kappa shape index (κ3) is 4.89. The average Bonchev–Trinajstić information content (AvgIpc) is 2.54. The van der Waals surface area contributed by atoms with Gasteiger partial charge in [0.05, 0.1) is 16.7 Å². The van der Waals surface area contributed by atoms with Gasteiger partial charge in [0.2, 0.25) is 5.91 Å². The summed E-state index contributed by atoms with van der Waals surface area (Å²) in [5.41, 5.74) is 1.87. The molecule has 0 radical (unpaired) electrons. The zero-order chi connectivity index (χ0) is 16.9. The molecule has 1 aromatic heterocycles. The van der Waals surface area contributed by atoms with Crippen LogP contribution in [0.4, 0.5) is 0 Å². The number of hydrogen-bond donors (Lipinski definition) is 1. The number of nitrogens with one attached hydrogen (secondary N) is 1. The smallest absolute Gasteiger partial charge is 0.221 e. The van der Waals surface area contributed by atoms with Crippen molar-refractivity contribution < 1.29 is 13.2 Å². The van der Waals surface area contributed by atoms with Gasteiger partial charge in [0.15, 0.2) is 9.84 Å². The van der Waals surface area contributed by atoms with E-state index in [0.717, 1.165) is 11.1 Å². The summed E-state index contributed by atoms with van der Waals surface area (Å²) in [6, 6.07) is 10.1. The number of carbonyl (C=O) groups is 1. The third-order valence-electron chi connectivity index (χ3n) is 3.54. The molecule has 2 rings (SSSR count). The third-order valence-corrected chi connectivity index (χ3v) is 5.27. The fraction of sp³-hybridized carbons (Fsp3) is 0.294. The summed E-state index contributed by atoms with van der Waals surface area (Å²) in [6.45, 7) is 3.73. The molecule has 2 aromatic rings. The van der Waals surface area contributed by atoms with Crippen molar-refractivity contribution in [3.63, 3.8) is 0 Å². The summed E-state index contributed by atoms with van der Waals surface area (Å²) in [6.07, 6.45) is 3.26. The van der Waals surface area contributed by atoms with Crippen molar-refractivity contribution in [1.29, 1.82) is 0 Å². The van der Waals surface area contributed by atoms with Crippen LogP contribution in [0, 0.1) is 6.92 Å². The van der Waals surface area contributed by atoms with Crippen molar-refractivity contribution in [3.8, 4) is 0 Å². The molecule has 0 spiro atoms. The highest BCUT2D eigenvalue weighted by Crippen LogP contribution is 2.14. The Bertz CT molecular complexity index is 756. The largest absolute Gasteiger partial charge is 0.349 e. The summed E-state index contributed by atoms with van der Waals surface area (Å²) in [7, 11) is -3.45. The van der Waals surface area contributed by atoms with Gasteiger partial charge in [-0.2, -0.15) is 0 Å². The molecule has 0 saturated carbocycles. The van der Waals surface area contributed by atoms with Gasteiger partial charge in [-0.15, -0.1) is 0 Å². The lowest BCUT2D eigenvalue weighted by Crippen LogP contribution is -2.28. The molecule has 1 heterocycles. The fourth-order valence-electron chi connectivity index (χ4n) is 2.12. The molecule has 1 N–H and O–H groups in total. The van der Waals surface area contributed by atoms with E-state index in [1.807, 2.05) is 19.9 Å². The van der Waals surface area contributed by atoms with Crippen molar-refractivity contribution in [2.45, 2.75) is 31.2 Å². The van der Waals surface area contributed by atoms with Gasteiger partial charge in [0, 0.05) is 18.8 Å². The number of aromatic nitrogens is 1. The molecule has 0 aliphatic carbocycles. The second-order valence-electron chi connectivity index (χ2n) is 5.46. The predicted octanol–water partition coefficient (Wildman–Crippen LogP) is 2.43. The standard InChI is InChI=1S/C17H20N2O3S/c1-13-5-7-16(8-6-13)23(21,22)11-9-17(20)19-14(2)15-4-3-10-18-12-15/h3-8,10,12,14H,9,11H2,1-2H3,(H,19,20). The van der Waals surface area contributed by atoms with Gasteiger partial charge in [0.25, 0.3) is 0 Å². The summed E-state index contributed by atoms with van der Waals surface area (Å²) >= 11 is 0. The molecule has 1 aromatic carbocycles. The molecule has 122 valence electrons. The van der Waals surface area contributed by atoms with Gasteiger partial charge in [-0.05, 0) is 37.6 Å². The molecule has 5 nitrogen and oxygen atoms in total. The van der Waals surface area contributed by atoms with E-state index in [9.17, 15) is 13.2 Å². The van der Waals surface area contributed by atoms with Crippen molar-refractivity contribution in [1.82, 2.24) is 10.3 Å². The number of rotatable bonds is 6. The van der Waals surface area contributed by atoms with Gasteiger partial charge < -0.3 is 5.32 Å². The van der Waals surface area contributed by atoms with Crippen molar-refractivity contribution >= 4 is 15.7 Å². The van der Waals surface area contributed by atoms with Crippen LogP contribution in [0.3, 0.4) is 0 Å². The Morgan fingerprint density at radius 1 is 1.22 bits per heavy atom. The Balaban J connectivity index is 1.92. The van der Waals surface area contributed by atoms with Gasteiger partial charge in [-0.1, -0.05) is 23.8 Å². The van der Waals surface area contributed by atoms with E-state index in [1.54, 1.807) is 42.7 Å². The molecular weight excluding hydrogens is 312 g/mol. The number of nitrogens with zero attached hydrogens (tertiary/aromatic N) is 1. The molecular formula is C17H20N2O3S. The first-order valence-electron chi connectivity index (χ1n) is 7.37. The molecule has 1 unspecified atom stereocenters. The SMILES string of the molecule is Cc1ccc(S(=O)(=O)CCC(=O)NC(C)c2cccnc2)cc1. The average molecular weight is 332 g/mol. The van der Waals surface area contributed by atoms with E-state index in [2.05, 4.69) is 10.3 Å². The molecule has 23 heavy (non-hydrogen) atoms. The molecule has 0 aliphatic rings. The number of hydrogen-bond acceptors (Lipinski definition) is 4. The van der Waals surface area contributed by atoms with Crippen LogP contribution in [0.5, 0.6) is 0 Å². The molecule has 6 heteroatoms. The minimum atomic E-state index is -3.45. The van der Waals surface area contributed by atoms with Crippen LogP contribution < -0.4 is 5.32 Å². The monoisotopic (exact) mass is 332 g/mol. The zero-order valence-corrected chi connectivity index (χ0v) is 14.0. The van der Waals surface area contributed by atoms with Gasteiger partial charge in [0.1, 0.15) is 0 Å². The zero-order valence-electron chi connectivity index (χ0n) is 13.2. The Kier molecular flexibility index (Phi) is 5.50. The maximum absolute atomic E-state index is 12.2. The minimum absolute atomic E-state index is 0.0686. The number of pyridine rings is 1. The van der Waals surface area contributed by atoms with Crippen LogP contribution >= 0.6 is 0 Å². The van der Waals surface area contributed by atoms with E-state index >= 15 is 0 Å². The van der Waals surface area contributed by atoms with Gasteiger partial charge in [-0.25, -0.2) is 8.42 Å². The van der Waals surface area contributed by atoms with Crippen molar-refractivity contribution in [2.75, 3.05) is 5.75 Å². The Morgan fingerprint density at radius 3 is 2.52 bits per heavy atom.